The lowest BCUT2D eigenvalue weighted by molar-refractivity contribution is 0.0623. The minimum Gasteiger partial charge on any atom is -0.493 e. The van der Waals surface area contributed by atoms with E-state index in [4.69, 9.17) is 4.74 Å². The number of fused-ring (bicyclic) bond motifs is 1. The van der Waals surface area contributed by atoms with Gasteiger partial charge in [-0.25, -0.2) is 0 Å². The van der Waals surface area contributed by atoms with E-state index in [-0.39, 0.29) is 5.91 Å². The SMILES string of the molecule is O=C(c1ccc[nH]1)N1CCN(Cc2ccc3c(c2)CCO3)CC1. The Hall–Kier alpha value is -2.27. The van der Waals surface area contributed by atoms with Crippen molar-refractivity contribution in [3.05, 3.63) is 53.3 Å². The highest BCUT2D eigenvalue weighted by Gasteiger charge is 2.23. The van der Waals surface area contributed by atoms with Gasteiger partial charge in [0.15, 0.2) is 0 Å². The second-order valence-corrected chi connectivity index (χ2v) is 6.19. The molecule has 0 aliphatic carbocycles. The zero-order valence-corrected chi connectivity index (χ0v) is 13.1. The van der Waals surface area contributed by atoms with Crippen molar-refractivity contribution in [1.82, 2.24) is 14.8 Å². The summed E-state index contributed by atoms with van der Waals surface area (Å²) < 4.78 is 5.56. The van der Waals surface area contributed by atoms with E-state index in [9.17, 15) is 4.79 Å². The number of rotatable bonds is 3. The molecule has 2 aromatic rings. The first-order chi connectivity index (χ1) is 11.3. The van der Waals surface area contributed by atoms with Gasteiger partial charge in [0.1, 0.15) is 11.4 Å². The molecular weight excluding hydrogens is 290 g/mol. The first-order valence-corrected chi connectivity index (χ1v) is 8.19. The van der Waals surface area contributed by atoms with Crippen LogP contribution in [0.2, 0.25) is 0 Å². The third kappa shape index (κ3) is 2.97. The van der Waals surface area contributed by atoms with E-state index in [0.717, 1.165) is 51.5 Å². The van der Waals surface area contributed by atoms with Crippen molar-refractivity contribution >= 4 is 5.91 Å². The number of aromatic nitrogens is 1. The van der Waals surface area contributed by atoms with E-state index >= 15 is 0 Å². The minimum atomic E-state index is 0.101. The van der Waals surface area contributed by atoms with Crippen molar-refractivity contribution in [2.24, 2.45) is 0 Å². The monoisotopic (exact) mass is 311 g/mol. The summed E-state index contributed by atoms with van der Waals surface area (Å²) in [6, 6.07) is 10.2. The molecule has 4 rings (SSSR count). The molecule has 0 atom stereocenters. The van der Waals surface area contributed by atoms with Gasteiger partial charge in [-0.15, -0.1) is 0 Å². The predicted molar refractivity (Wildman–Crippen MR) is 87.6 cm³/mol. The van der Waals surface area contributed by atoms with Crippen LogP contribution in [0.15, 0.2) is 36.5 Å². The fourth-order valence-corrected chi connectivity index (χ4v) is 3.34. The van der Waals surface area contributed by atoms with Gasteiger partial charge in [0.25, 0.3) is 5.91 Å². The number of piperazine rings is 1. The van der Waals surface area contributed by atoms with Gasteiger partial charge in [-0.1, -0.05) is 12.1 Å². The Labute approximate surface area is 135 Å². The second-order valence-electron chi connectivity index (χ2n) is 6.19. The van der Waals surface area contributed by atoms with Crippen molar-refractivity contribution in [2.75, 3.05) is 32.8 Å². The fraction of sp³-hybridized carbons (Fsp3) is 0.389. The number of ether oxygens (including phenoxy) is 1. The number of carbonyl (C=O) groups excluding carboxylic acids is 1. The van der Waals surface area contributed by atoms with Crippen LogP contribution in [0.25, 0.3) is 0 Å². The maximum absolute atomic E-state index is 12.3. The standard InChI is InChI=1S/C18H21N3O2/c22-18(16-2-1-6-19-16)21-9-7-20(8-10-21)13-14-3-4-17-15(12-14)5-11-23-17/h1-4,6,12,19H,5,7-11,13H2. The maximum atomic E-state index is 12.3. The predicted octanol–water partition coefficient (Wildman–Crippen LogP) is 1.91. The van der Waals surface area contributed by atoms with Crippen LogP contribution in [-0.2, 0) is 13.0 Å². The summed E-state index contributed by atoms with van der Waals surface area (Å²) in [6.07, 6.45) is 2.81. The quantitative estimate of drug-likeness (QED) is 0.942. The molecule has 0 saturated carbocycles. The molecule has 1 amide bonds. The van der Waals surface area contributed by atoms with Crippen LogP contribution in [-0.4, -0.2) is 53.5 Å². The van der Waals surface area contributed by atoms with Crippen molar-refractivity contribution in [1.29, 1.82) is 0 Å². The van der Waals surface area contributed by atoms with E-state index in [1.807, 2.05) is 17.0 Å². The summed E-state index contributed by atoms with van der Waals surface area (Å²) in [5.74, 6) is 1.14. The lowest BCUT2D eigenvalue weighted by Crippen LogP contribution is -2.48. The molecular formula is C18H21N3O2. The molecule has 1 saturated heterocycles. The van der Waals surface area contributed by atoms with Crippen molar-refractivity contribution < 1.29 is 9.53 Å². The molecule has 2 aliphatic rings. The van der Waals surface area contributed by atoms with Gasteiger partial charge in [0.2, 0.25) is 0 Å². The summed E-state index contributed by atoms with van der Waals surface area (Å²) >= 11 is 0. The first-order valence-electron chi connectivity index (χ1n) is 8.19. The van der Waals surface area contributed by atoms with E-state index in [0.29, 0.717) is 5.69 Å². The summed E-state index contributed by atoms with van der Waals surface area (Å²) in [7, 11) is 0. The largest absolute Gasteiger partial charge is 0.493 e. The number of hydrogen-bond acceptors (Lipinski definition) is 3. The number of amides is 1. The Morgan fingerprint density at radius 1 is 1.17 bits per heavy atom. The summed E-state index contributed by atoms with van der Waals surface area (Å²) in [5.41, 5.74) is 3.33. The van der Waals surface area contributed by atoms with Crippen LogP contribution in [0, 0.1) is 0 Å². The third-order valence-electron chi connectivity index (χ3n) is 4.65. The molecule has 0 spiro atoms. The zero-order chi connectivity index (χ0) is 15.6. The number of hydrogen-bond donors (Lipinski definition) is 1. The lowest BCUT2D eigenvalue weighted by atomic mass is 10.1. The smallest absolute Gasteiger partial charge is 0.270 e. The topological polar surface area (TPSA) is 48.6 Å². The van der Waals surface area contributed by atoms with Gasteiger partial charge in [-0.3, -0.25) is 9.69 Å². The van der Waals surface area contributed by atoms with Crippen molar-refractivity contribution in [3.8, 4) is 5.75 Å². The third-order valence-corrected chi connectivity index (χ3v) is 4.65. The molecule has 1 fully saturated rings. The molecule has 5 nitrogen and oxygen atoms in total. The Morgan fingerprint density at radius 3 is 2.83 bits per heavy atom. The summed E-state index contributed by atoms with van der Waals surface area (Å²) in [6.45, 7) is 5.15. The van der Waals surface area contributed by atoms with Gasteiger partial charge < -0.3 is 14.6 Å². The molecule has 3 heterocycles. The van der Waals surface area contributed by atoms with Gasteiger partial charge in [0.05, 0.1) is 6.61 Å². The average molecular weight is 311 g/mol. The van der Waals surface area contributed by atoms with Gasteiger partial charge in [-0.2, -0.15) is 0 Å². The normalized spacial score (nSPS) is 17.8. The molecule has 120 valence electrons. The van der Waals surface area contributed by atoms with E-state index in [1.165, 1.54) is 11.1 Å². The zero-order valence-electron chi connectivity index (χ0n) is 13.1. The molecule has 0 radical (unpaired) electrons. The number of carbonyl (C=O) groups is 1. The first kappa shape index (κ1) is 14.3. The molecule has 1 aromatic carbocycles. The number of nitrogens with zero attached hydrogens (tertiary/aromatic N) is 2. The molecule has 1 aromatic heterocycles. The van der Waals surface area contributed by atoms with Gasteiger partial charge in [-0.05, 0) is 29.3 Å². The summed E-state index contributed by atoms with van der Waals surface area (Å²) in [5, 5.41) is 0. The number of nitrogens with one attached hydrogen (secondary N) is 1. The molecule has 0 unspecified atom stereocenters. The van der Waals surface area contributed by atoms with E-state index in [2.05, 4.69) is 28.1 Å². The van der Waals surface area contributed by atoms with Crippen LogP contribution in [0.3, 0.4) is 0 Å². The van der Waals surface area contributed by atoms with Crippen LogP contribution in [0.4, 0.5) is 0 Å². The Bertz CT molecular complexity index is 688. The molecule has 2 aliphatic heterocycles. The van der Waals surface area contributed by atoms with Gasteiger partial charge >= 0.3 is 0 Å². The molecule has 0 bridgehead atoms. The molecule has 23 heavy (non-hydrogen) atoms. The highest BCUT2D eigenvalue weighted by molar-refractivity contribution is 5.92. The number of benzene rings is 1. The minimum absolute atomic E-state index is 0.101. The summed E-state index contributed by atoms with van der Waals surface area (Å²) in [4.78, 5) is 19.7. The van der Waals surface area contributed by atoms with Gasteiger partial charge in [0, 0.05) is 45.3 Å². The fourth-order valence-electron chi connectivity index (χ4n) is 3.34. The Morgan fingerprint density at radius 2 is 2.04 bits per heavy atom. The number of aromatic amines is 1. The molecule has 5 heteroatoms. The molecule has 1 N–H and O–H groups in total. The van der Waals surface area contributed by atoms with Crippen molar-refractivity contribution in [3.63, 3.8) is 0 Å². The Kier molecular flexibility index (Phi) is 3.79. The highest BCUT2D eigenvalue weighted by atomic mass is 16.5. The van der Waals surface area contributed by atoms with Crippen LogP contribution in [0.5, 0.6) is 5.75 Å². The Balaban J connectivity index is 1.34. The van der Waals surface area contributed by atoms with Crippen molar-refractivity contribution in [2.45, 2.75) is 13.0 Å². The van der Waals surface area contributed by atoms with E-state index < -0.39 is 0 Å². The van der Waals surface area contributed by atoms with Crippen LogP contribution in [0.1, 0.15) is 21.6 Å². The highest BCUT2D eigenvalue weighted by Crippen LogP contribution is 2.26. The number of H-pyrrole nitrogens is 1. The average Bonchev–Trinajstić information content (AvgIpc) is 3.26. The second kappa shape index (κ2) is 6.08. The van der Waals surface area contributed by atoms with E-state index in [1.54, 1.807) is 6.20 Å². The maximum Gasteiger partial charge on any atom is 0.270 e. The van der Waals surface area contributed by atoms with Crippen LogP contribution >= 0.6 is 0 Å². The lowest BCUT2D eigenvalue weighted by Gasteiger charge is -2.34. The van der Waals surface area contributed by atoms with Crippen LogP contribution < -0.4 is 4.74 Å².